The lowest BCUT2D eigenvalue weighted by atomic mass is 9.81. The van der Waals surface area contributed by atoms with Crippen LogP contribution in [0.15, 0.2) is 71.9 Å². The topological polar surface area (TPSA) is 116 Å². The number of pyridine rings is 1. The van der Waals surface area contributed by atoms with Crippen molar-refractivity contribution < 1.29 is 19.1 Å². The van der Waals surface area contributed by atoms with Crippen molar-refractivity contribution in [2.75, 3.05) is 0 Å². The molecule has 46 heavy (non-hydrogen) atoms. The van der Waals surface area contributed by atoms with Gasteiger partial charge in [-0.15, -0.1) is 22.7 Å². The van der Waals surface area contributed by atoms with Gasteiger partial charge in [-0.1, -0.05) is 61.4 Å². The molecule has 2 aliphatic rings. The molecule has 226 valence electrons. The minimum atomic E-state index is -0.481. The number of carbonyl (C=O) groups is 3. The molecule has 2 atom stereocenters. The predicted molar refractivity (Wildman–Crippen MR) is 181 cm³/mol. The van der Waals surface area contributed by atoms with Crippen LogP contribution >= 0.6 is 34.4 Å². The van der Waals surface area contributed by atoms with Crippen LogP contribution in [0.3, 0.4) is 0 Å². The molecular formula is C34H23N5O4S3. The van der Waals surface area contributed by atoms with E-state index in [-0.39, 0.29) is 24.2 Å². The number of hydrogen-bond donors (Lipinski definition) is 0. The van der Waals surface area contributed by atoms with Crippen LogP contribution in [-0.2, 0) is 20.9 Å². The van der Waals surface area contributed by atoms with E-state index in [9.17, 15) is 14.4 Å². The third kappa shape index (κ3) is 4.20. The highest BCUT2D eigenvalue weighted by atomic mass is 32.1. The van der Waals surface area contributed by atoms with Gasteiger partial charge in [0.25, 0.3) is 0 Å². The Morgan fingerprint density at radius 3 is 2.59 bits per heavy atom. The number of aliphatic imine (C=N–C) groups is 1. The van der Waals surface area contributed by atoms with Gasteiger partial charge < -0.3 is 4.74 Å². The summed E-state index contributed by atoms with van der Waals surface area (Å²) in [5.41, 5.74) is 4.99. The van der Waals surface area contributed by atoms with E-state index >= 15 is 0 Å². The van der Waals surface area contributed by atoms with Crippen LogP contribution in [0.25, 0.3) is 52.1 Å². The van der Waals surface area contributed by atoms with Gasteiger partial charge in [0.05, 0.1) is 48.9 Å². The van der Waals surface area contributed by atoms with Crippen molar-refractivity contribution in [1.82, 2.24) is 18.3 Å². The third-order valence-corrected chi connectivity index (χ3v) is 12.0. The highest BCUT2D eigenvalue weighted by Gasteiger charge is 2.47. The zero-order valence-corrected chi connectivity index (χ0v) is 26.6. The first-order valence-electron chi connectivity index (χ1n) is 15.0. The number of thiophene rings is 2. The first-order chi connectivity index (χ1) is 22.6. The fraction of sp³-hybridized carbons (Fsp3) is 0.206. The maximum atomic E-state index is 13.8. The molecule has 2 saturated carbocycles. The van der Waals surface area contributed by atoms with Crippen LogP contribution in [0, 0.1) is 11.8 Å². The lowest BCUT2D eigenvalue weighted by molar-refractivity contribution is -0.134. The molecule has 0 N–H and O–H groups in total. The summed E-state index contributed by atoms with van der Waals surface area (Å²) in [6.45, 7) is 0.159. The number of ether oxygens (including phenoxy) is 1. The molecule has 12 heteroatoms. The van der Waals surface area contributed by atoms with Crippen molar-refractivity contribution in [2.45, 2.75) is 32.3 Å². The standard InChI is InChI=1S/C34H23N5O4S3/c40-30-19-11-5-4-10-18(19)25(31(30)41)36-21-15-35-27(28-26(21)37-46-38-28)24-14-22-32(45-24)33-29(20-12-6-7-13-23(20)44-33)39(22)34(42)43-16-17-8-2-1-3-9-17/h1-3,6-9,12-15,18-19H,4-5,10-11,16H2. The van der Waals surface area contributed by atoms with Crippen LogP contribution in [0.4, 0.5) is 10.5 Å². The van der Waals surface area contributed by atoms with Crippen LogP contribution in [0.2, 0.25) is 0 Å². The fourth-order valence-corrected chi connectivity index (χ4v) is 9.87. The first-order valence-corrected chi connectivity index (χ1v) is 17.4. The van der Waals surface area contributed by atoms with Crippen molar-refractivity contribution >= 4 is 105 Å². The molecule has 2 aliphatic carbocycles. The zero-order valence-electron chi connectivity index (χ0n) is 24.1. The molecule has 5 aromatic heterocycles. The molecule has 0 radical (unpaired) electrons. The van der Waals surface area contributed by atoms with Crippen molar-refractivity contribution in [3.8, 4) is 10.6 Å². The Morgan fingerprint density at radius 1 is 0.935 bits per heavy atom. The minimum absolute atomic E-state index is 0.140. The molecule has 2 fully saturated rings. The van der Waals surface area contributed by atoms with Crippen molar-refractivity contribution in [3.63, 3.8) is 0 Å². The average Bonchev–Trinajstić information content (AvgIpc) is 3.90. The summed E-state index contributed by atoms with van der Waals surface area (Å²) in [6.07, 6.45) is 4.62. The number of benzene rings is 2. The fourth-order valence-electron chi connectivity index (χ4n) is 6.85. The molecule has 5 heterocycles. The molecule has 9 nitrogen and oxygen atoms in total. The molecule has 0 aliphatic heterocycles. The van der Waals surface area contributed by atoms with Crippen LogP contribution in [0.1, 0.15) is 31.2 Å². The van der Waals surface area contributed by atoms with Crippen molar-refractivity contribution in [2.24, 2.45) is 16.8 Å². The number of hydrogen-bond acceptors (Lipinski definition) is 11. The second kappa shape index (κ2) is 10.7. The molecule has 2 unspecified atom stereocenters. The number of rotatable bonds is 4. The van der Waals surface area contributed by atoms with Crippen molar-refractivity contribution in [1.29, 1.82) is 0 Å². The van der Waals surface area contributed by atoms with Gasteiger partial charge in [0.2, 0.25) is 11.6 Å². The van der Waals surface area contributed by atoms with E-state index in [0.717, 1.165) is 78.4 Å². The highest BCUT2D eigenvalue weighted by molar-refractivity contribution is 7.32. The molecule has 9 rings (SSSR count). The highest BCUT2D eigenvalue weighted by Crippen LogP contribution is 2.47. The van der Waals surface area contributed by atoms with Crippen molar-refractivity contribution in [3.05, 3.63) is 72.4 Å². The summed E-state index contributed by atoms with van der Waals surface area (Å²) in [5.74, 6) is -1.20. The van der Waals surface area contributed by atoms with E-state index in [1.54, 1.807) is 33.4 Å². The smallest absolute Gasteiger partial charge is 0.419 e. The second-order valence-corrected chi connectivity index (χ2v) is 14.3. The zero-order chi connectivity index (χ0) is 30.9. The average molecular weight is 662 g/mol. The van der Waals surface area contributed by atoms with Crippen LogP contribution in [-0.4, -0.2) is 41.7 Å². The van der Waals surface area contributed by atoms with Gasteiger partial charge in [0, 0.05) is 21.9 Å². The number of ketones is 2. The monoisotopic (exact) mass is 661 g/mol. The SMILES string of the molecule is O=C1C(=O)C2CCCCC2C1=Nc1cnc(-c2cc3c(s2)c2sc4ccccc4c2n3C(=O)OCc2ccccc2)c2nsnc12. The number of fused-ring (bicyclic) bond motifs is 7. The normalized spacial score (nSPS) is 19.3. The number of carbonyl (C=O) groups excluding carboxylic acids is 3. The van der Waals surface area contributed by atoms with E-state index in [1.807, 2.05) is 54.6 Å². The number of nitrogens with zero attached hydrogens (tertiary/aromatic N) is 5. The number of Topliss-reactive ketones (excluding diaryl/α,β-unsaturated/α-hetero) is 2. The lowest BCUT2D eigenvalue weighted by Crippen LogP contribution is -2.21. The molecule has 0 spiro atoms. The first kappa shape index (κ1) is 27.6. The Bertz CT molecular complexity index is 2420. The van der Waals surface area contributed by atoms with Gasteiger partial charge >= 0.3 is 6.09 Å². The Hall–Kier alpha value is -4.65. The van der Waals surface area contributed by atoms with Gasteiger partial charge in [0.15, 0.2) is 0 Å². The molecule has 0 bridgehead atoms. The Morgan fingerprint density at radius 2 is 1.72 bits per heavy atom. The molecule has 0 saturated heterocycles. The maximum absolute atomic E-state index is 13.8. The summed E-state index contributed by atoms with van der Waals surface area (Å²) in [6, 6.07) is 19.7. The van der Waals surface area contributed by atoms with E-state index in [0.29, 0.717) is 28.1 Å². The molecule has 2 aromatic carbocycles. The van der Waals surface area contributed by atoms with Gasteiger partial charge in [-0.2, -0.15) is 8.75 Å². The van der Waals surface area contributed by atoms with Gasteiger partial charge in [-0.25, -0.2) is 14.4 Å². The molecular weight excluding hydrogens is 639 g/mol. The Labute approximate surface area is 273 Å². The quantitative estimate of drug-likeness (QED) is 0.174. The van der Waals surface area contributed by atoms with Gasteiger partial charge in [-0.05, 0) is 30.5 Å². The second-order valence-electron chi connectivity index (χ2n) is 11.6. The Balaban J connectivity index is 1.16. The van der Waals surface area contributed by atoms with E-state index < -0.39 is 11.9 Å². The van der Waals surface area contributed by atoms with E-state index in [1.165, 1.54) is 0 Å². The number of aromatic nitrogens is 4. The van der Waals surface area contributed by atoms with Crippen LogP contribution in [0.5, 0.6) is 0 Å². The van der Waals surface area contributed by atoms with Gasteiger partial charge in [-0.3, -0.25) is 14.6 Å². The summed E-state index contributed by atoms with van der Waals surface area (Å²) in [7, 11) is 0. The van der Waals surface area contributed by atoms with Crippen LogP contribution < -0.4 is 0 Å². The summed E-state index contributed by atoms with van der Waals surface area (Å²) >= 11 is 4.24. The van der Waals surface area contributed by atoms with E-state index in [4.69, 9.17) is 14.7 Å². The van der Waals surface area contributed by atoms with Gasteiger partial charge in [0.1, 0.15) is 29.0 Å². The third-order valence-electron chi connectivity index (χ3n) is 9.00. The molecule has 0 amide bonds. The predicted octanol–water partition coefficient (Wildman–Crippen LogP) is 8.35. The maximum Gasteiger partial charge on any atom is 0.419 e. The molecule has 7 aromatic rings. The lowest BCUT2D eigenvalue weighted by Gasteiger charge is -2.22. The van der Waals surface area contributed by atoms with E-state index in [2.05, 4.69) is 14.8 Å². The largest absolute Gasteiger partial charge is 0.444 e. The Kier molecular flexibility index (Phi) is 6.44. The summed E-state index contributed by atoms with van der Waals surface area (Å²) in [4.78, 5) is 49.7. The summed E-state index contributed by atoms with van der Waals surface area (Å²) in [5, 5.41) is 0.997. The minimum Gasteiger partial charge on any atom is -0.444 e. The summed E-state index contributed by atoms with van der Waals surface area (Å²) < 4.78 is 19.7.